The van der Waals surface area contributed by atoms with Gasteiger partial charge in [0.25, 0.3) is 5.91 Å². The molecule has 3 rings (SSSR count). The second kappa shape index (κ2) is 10.6. The lowest BCUT2D eigenvalue weighted by Crippen LogP contribution is -2.56. The Hall–Kier alpha value is -3.51. The number of aliphatic hydroxyl groups excluding tert-OH is 1. The third kappa shape index (κ3) is 5.34. The Bertz CT molecular complexity index is 1130. The molecule has 1 aliphatic heterocycles. The molecule has 2 atom stereocenters. The molecule has 6 N–H and O–H groups in total. The maximum Gasteiger partial charge on any atom is 0.319 e. The van der Waals surface area contributed by atoms with Gasteiger partial charge in [0.05, 0.1) is 24.1 Å². The van der Waals surface area contributed by atoms with Gasteiger partial charge in [-0.25, -0.2) is 9.18 Å². The molecule has 1 aromatic heterocycles. The number of benzene rings is 1. The maximum absolute atomic E-state index is 15.9. The number of aromatic nitrogens is 2. The summed E-state index contributed by atoms with van der Waals surface area (Å²) in [6.45, 7) is 5.52. The van der Waals surface area contributed by atoms with Crippen molar-refractivity contribution in [1.29, 1.82) is 5.41 Å². The van der Waals surface area contributed by atoms with Crippen molar-refractivity contribution in [2.24, 2.45) is 11.1 Å². The number of carbonyl (C=O) groups excluding carboxylic acids is 2. The molecule has 0 spiro atoms. The van der Waals surface area contributed by atoms with Crippen molar-refractivity contribution in [1.82, 2.24) is 24.9 Å². The number of amides is 2. The third-order valence-electron chi connectivity index (χ3n) is 6.36. The molecule has 1 saturated heterocycles. The number of carbonyl (C=O) groups is 2. The van der Waals surface area contributed by atoms with Crippen LogP contribution in [0.2, 0.25) is 0 Å². The number of nitrogens with two attached hydrogens (primary N) is 1. The zero-order chi connectivity index (χ0) is 26.8. The first kappa shape index (κ1) is 27.1. The summed E-state index contributed by atoms with van der Waals surface area (Å²) in [5.74, 6) is -1.47. The zero-order valence-electron chi connectivity index (χ0n) is 21.3. The molecule has 2 heterocycles. The number of nitrogens with one attached hydrogen (secondary N) is 3. The summed E-state index contributed by atoms with van der Waals surface area (Å²) in [5, 5.41) is 27.8. The van der Waals surface area contributed by atoms with Crippen LogP contribution in [0.25, 0.3) is 0 Å². The van der Waals surface area contributed by atoms with Gasteiger partial charge in [0.15, 0.2) is 11.6 Å². The number of nitrogen functional groups attached to an aromatic ring is 1. The zero-order valence-corrected chi connectivity index (χ0v) is 21.3. The topological polar surface area (TPSA) is 153 Å². The minimum absolute atomic E-state index is 0.00951. The monoisotopic (exact) mass is 502 g/mol. The van der Waals surface area contributed by atoms with Crippen LogP contribution in [-0.4, -0.2) is 82.3 Å². The summed E-state index contributed by atoms with van der Waals surface area (Å²) in [7, 11) is 3.31. The van der Waals surface area contributed by atoms with Crippen LogP contribution in [-0.2, 0) is 6.54 Å². The Morgan fingerprint density at radius 3 is 2.53 bits per heavy atom. The van der Waals surface area contributed by atoms with E-state index in [1.54, 1.807) is 64.0 Å². The van der Waals surface area contributed by atoms with Crippen LogP contribution < -0.4 is 16.4 Å². The van der Waals surface area contributed by atoms with Crippen molar-refractivity contribution in [2.75, 3.05) is 39.1 Å². The number of anilines is 1. The van der Waals surface area contributed by atoms with E-state index in [4.69, 9.17) is 11.1 Å². The minimum Gasteiger partial charge on any atom is -0.395 e. The molecule has 11 nitrogen and oxygen atoms in total. The maximum atomic E-state index is 15.9. The highest BCUT2D eigenvalue weighted by atomic mass is 19.1. The summed E-state index contributed by atoms with van der Waals surface area (Å²) < 4.78 is 16.9. The van der Waals surface area contributed by atoms with Gasteiger partial charge >= 0.3 is 6.03 Å². The van der Waals surface area contributed by atoms with E-state index in [-0.39, 0.29) is 29.9 Å². The number of rotatable bonds is 7. The molecule has 0 radical (unpaired) electrons. The van der Waals surface area contributed by atoms with Crippen LogP contribution in [0.1, 0.15) is 48.4 Å². The summed E-state index contributed by atoms with van der Waals surface area (Å²) in [6, 6.07) is 5.59. The second-order valence-electron chi connectivity index (χ2n) is 9.81. The molecule has 1 aliphatic rings. The number of piperazine rings is 1. The van der Waals surface area contributed by atoms with E-state index in [1.807, 2.05) is 0 Å². The highest BCUT2D eigenvalue weighted by molar-refractivity contribution is 5.94. The largest absolute Gasteiger partial charge is 0.395 e. The first-order chi connectivity index (χ1) is 16.9. The molecule has 2 amide bonds. The van der Waals surface area contributed by atoms with Crippen LogP contribution in [0, 0.1) is 16.6 Å². The van der Waals surface area contributed by atoms with Crippen molar-refractivity contribution in [3.05, 3.63) is 46.9 Å². The predicted molar refractivity (Wildman–Crippen MR) is 134 cm³/mol. The number of urea groups is 1. The number of amidine groups is 1. The third-order valence-corrected chi connectivity index (χ3v) is 6.36. The lowest BCUT2D eigenvalue weighted by molar-refractivity contribution is 0.0613. The van der Waals surface area contributed by atoms with Crippen LogP contribution in [0.15, 0.2) is 24.3 Å². The second-order valence-corrected chi connectivity index (χ2v) is 9.81. The van der Waals surface area contributed by atoms with Crippen LogP contribution in [0.3, 0.4) is 0 Å². The average molecular weight is 503 g/mol. The highest BCUT2D eigenvalue weighted by Gasteiger charge is 2.39. The summed E-state index contributed by atoms with van der Waals surface area (Å²) in [5.41, 5.74) is 5.64. The first-order valence-corrected chi connectivity index (χ1v) is 11.7. The lowest BCUT2D eigenvalue weighted by atomic mass is 9.94. The summed E-state index contributed by atoms with van der Waals surface area (Å²) in [4.78, 5) is 29.0. The number of halogens is 1. The first-order valence-electron chi connectivity index (χ1n) is 11.7. The lowest BCUT2D eigenvalue weighted by Gasteiger charge is -2.40. The van der Waals surface area contributed by atoms with Gasteiger partial charge in [-0.3, -0.25) is 10.2 Å². The van der Waals surface area contributed by atoms with Gasteiger partial charge in [0.2, 0.25) is 0 Å². The van der Waals surface area contributed by atoms with E-state index in [0.29, 0.717) is 18.7 Å². The Morgan fingerprint density at radius 2 is 1.97 bits per heavy atom. The Balaban J connectivity index is 1.98. The van der Waals surface area contributed by atoms with Gasteiger partial charge in [-0.05, 0) is 26.3 Å². The van der Waals surface area contributed by atoms with Crippen molar-refractivity contribution >= 4 is 23.6 Å². The fourth-order valence-electron chi connectivity index (χ4n) is 4.00. The fraction of sp³-hybridized carbons (Fsp3) is 0.500. The predicted octanol–water partition coefficient (Wildman–Crippen LogP) is 1.59. The molecule has 196 valence electrons. The quantitative estimate of drug-likeness (QED) is 0.285. The highest BCUT2D eigenvalue weighted by Crippen LogP contribution is 2.31. The van der Waals surface area contributed by atoms with E-state index in [9.17, 15) is 14.7 Å². The number of hydrogen-bond donors (Lipinski definition) is 5. The number of nitrogens with zero attached hydrogens (tertiary/aromatic N) is 4. The van der Waals surface area contributed by atoms with Crippen molar-refractivity contribution in [3.63, 3.8) is 0 Å². The van der Waals surface area contributed by atoms with Gasteiger partial charge < -0.3 is 31.3 Å². The Morgan fingerprint density at radius 1 is 1.33 bits per heavy atom. The Labute approximate surface area is 209 Å². The smallest absolute Gasteiger partial charge is 0.319 e. The molecule has 2 aromatic rings. The minimum atomic E-state index is -1.20. The standard InChI is InChI=1S/C24H35FN8O3/c1-14-18(28-10-11-32(14)23(36)31(4)5)19-17(25)21(33(30-19)22(35)24(2,3)13-34)29-12-15-6-8-16(9-7-15)20(26)27/h6-9,14,18,28-29,34H,10-13H2,1-5H3,(H3,26,27). The Kier molecular flexibility index (Phi) is 7.99. The summed E-state index contributed by atoms with van der Waals surface area (Å²) >= 11 is 0. The van der Waals surface area contributed by atoms with E-state index in [2.05, 4.69) is 15.7 Å². The number of hydrogen-bond acceptors (Lipinski definition) is 7. The van der Waals surface area contributed by atoms with Crippen LogP contribution in [0.4, 0.5) is 15.0 Å². The molecular weight excluding hydrogens is 467 g/mol. The average Bonchev–Trinajstić information content (AvgIpc) is 3.17. The molecule has 0 saturated carbocycles. The van der Waals surface area contributed by atoms with Crippen molar-refractivity contribution < 1.29 is 19.1 Å². The van der Waals surface area contributed by atoms with Crippen LogP contribution in [0.5, 0.6) is 0 Å². The van der Waals surface area contributed by atoms with Crippen molar-refractivity contribution in [2.45, 2.75) is 39.4 Å². The molecule has 36 heavy (non-hydrogen) atoms. The molecule has 2 unspecified atom stereocenters. The summed E-state index contributed by atoms with van der Waals surface area (Å²) in [6.07, 6.45) is 0. The van der Waals surface area contributed by atoms with Gasteiger partial charge in [-0.2, -0.15) is 9.78 Å². The van der Waals surface area contributed by atoms with Gasteiger partial charge in [0, 0.05) is 39.3 Å². The SMILES string of the molecule is CC1C(c2nn(C(=O)C(C)(C)CO)c(NCc3ccc(C(=N)N)cc3)c2F)NCCN1C(=O)N(C)C. The molecular formula is C24H35FN8O3. The van der Waals surface area contributed by atoms with E-state index >= 15 is 4.39 Å². The van der Waals surface area contributed by atoms with E-state index in [0.717, 1.165) is 10.2 Å². The molecule has 1 fully saturated rings. The van der Waals surface area contributed by atoms with Gasteiger partial charge in [0.1, 0.15) is 11.5 Å². The molecule has 12 heteroatoms. The van der Waals surface area contributed by atoms with Crippen LogP contribution >= 0.6 is 0 Å². The van der Waals surface area contributed by atoms with E-state index in [1.165, 1.54) is 4.90 Å². The van der Waals surface area contributed by atoms with E-state index < -0.39 is 35.8 Å². The van der Waals surface area contributed by atoms with Gasteiger partial charge in [-0.15, -0.1) is 0 Å². The fourth-order valence-corrected chi connectivity index (χ4v) is 4.00. The molecule has 0 bridgehead atoms. The number of aliphatic hydroxyl groups is 1. The molecule has 0 aliphatic carbocycles. The van der Waals surface area contributed by atoms with Crippen molar-refractivity contribution in [3.8, 4) is 0 Å². The molecule has 1 aromatic carbocycles. The normalized spacial score (nSPS) is 18.1. The van der Waals surface area contributed by atoms with Gasteiger partial charge in [-0.1, -0.05) is 24.3 Å².